The molecular weight excluding hydrogens is 398 g/mol. The summed E-state index contributed by atoms with van der Waals surface area (Å²) < 4.78 is 0. The molecule has 0 spiro atoms. The summed E-state index contributed by atoms with van der Waals surface area (Å²) in [5.41, 5.74) is 6.12. The van der Waals surface area contributed by atoms with Gasteiger partial charge in [-0.1, -0.05) is 12.1 Å². The highest BCUT2D eigenvalue weighted by molar-refractivity contribution is 5.96. The molecule has 30 heavy (non-hydrogen) atoms. The van der Waals surface area contributed by atoms with Crippen LogP contribution in [0.25, 0.3) is 0 Å². The molecule has 0 saturated carbocycles. The fourth-order valence-corrected chi connectivity index (χ4v) is 2.17. The fourth-order valence-electron chi connectivity index (χ4n) is 2.17. The molecule has 0 aliphatic heterocycles. The Labute approximate surface area is 169 Å². The Morgan fingerprint density at radius 2 is 1.53 bits per heavy atom. The van der Waals surface area contributed by atoms with Gasteiger partial charge in [-0.25, -0.2) is 15.6 Å². The second-order valence-corrected chi connectivity index (χ2v) is 6.02. The topological polar surface area (TPSA) is 172 Å². The molecule has 0 unspecified atom stereocenters. The van der Waals surface area contributed by atoms with E-state index in [0.717, 1.165) is 23.9 Å². The molecule has 0 fully saturated rings. The summed E-state index contributed by atoms with van der Waals surface area (Å²) in [7, 11) is 3.80. The highest BCUT2D eigenvalue weighted by atomic mass is 16.6. The first-order valence-electron chi connectivity index (χ1n) is 8.28. The van der Waals surface area contributed by atoms with Crippen LogP contribution in [0.2, 0.25) is 0 Å². The van der Waals surface area contributed by atoms with Gasteiger partial charge in [0, 0.05) is 31.9 Å². The summed E-state index contributed by atoms with van der Waals surface area (Å²) >= 11 is 0. The standard InChI is InChI=1S/C17H17N7O6/c1-22(2)13-5-3-11(4-6-13)10-18-20-17(26)21-19-16(25)12-7-14(23(27)28)9-15(8-12)24(29)30/h3-10H,1-2H3,(H,19,25)(H2,20,21,26)/b18-10+. The van der Waals surface area contributed by atoms with E-state index in [4.69, 9.17) is 0 Å². The number of anilines is 1. The van der Waals surface area contributed by atoms with Gasteiger partial charge in [0.2, 0.25) is 0 Å². The van der Waals surface area contributed by atoms with Crippen LogP contribution < -0.4 is 21.2 Å². The van der Waals surface area contributed by atoms with Crippen molar-refractivity contribution in [3.63, 3.8) is 0 Å². The third kappa shape index (κ3) is 5.98. The maximum absolute atomic E-state index is 12.0. The molecule has 0 aliphatic rings. The largest absolute Gasteiger partial charge is 0.378 e. The van der Waals surface area contributed by atoms with E-state index in [0.29, 0.717) is 5.56 Å². The zero-order valence-electron chi connectivity index (χ0n) is 15.9. The molecule has 0 bridgehead atoms. The van der Waals surface area contributed by atoms with Crippen molar-refractivity contribution in [3.05, 3.63) is 73.8 Å². The molecule has 2 aromatic carbocycles. The Morgan fingerprint density at radius 3 is 2.03 bits per heavy atom. The van der Waals surface area contributed by atoms with Crippen molar-refractivity contribution in [1.29, 1.82) is 0 Å². The van der Waals surface area contributed by atoms with Crippen molar-refractivity contribution in [3.8, 4) is 0 Å². The van der Waals surface area contributed by atoms with Gasteiger partial charge < -0.3 is 4.90 Å². The maximum Gasteiger partial charge on any atom is 0.353 e. The van der Waals surface area contributed by atoms with Gasteiger partial charge in [-0.3, -0.25) is 30.4 Å². The Kier molecular flexibility index (Phi) is 6.95. The molecule has 0 radical (unpaired) electrons. The van der Waals surface area contributed by atoms with E-state index in [9.17, 15) is 29.8 Å². The first-order chi connectivity index (χ1) is 14.2. The van der Waals surface area contributed by atoms with Gasteiger partial charge in [0.05, 0.1) is 27.7 Å². The first kappa shape index (κ1) is 21.7. The van der Waals surface area contributed by atoms with Crippen molar-refractivity contribution in [2.75, 3.05) is 19.0 Å². The summed E-state index contributed by atoms with van der Waals surface area (Å²) in [4.78, 5) is 45.6. The minimum atomic E-state index is -0.986. The maximum atomic E-state index is 12.0. The summed E-state index contributed by atoms with van der Waals surface area (Å²) in [6.07, 6.45) is 1.38. The molecule has 156 valence electrons. The van der Waals surface area contributed by atoms with Gasteiger partial charge in [-0.15, -0.1) is 0 Å². The SMILES string of the molecule is CN(C)c1ccc(/C=N/NC(=O)NNC(=O)c2cc([N+](=O)[O-])cc([N+](=O)[O-])c2)cc1. The van der Waals surface area contributed by atoms with Gasteiger partial charge in [0.25, 0.3) is 17.3 Å². The van der Waals surface area contributed by atoms with E-state index in [1.165, 1.54) is 6.21 Å². The third-order valence-corrected chi connectivity index (χ3v) is 3.67. The minimum Gasteiger partial charge on any atom is -0.378 e. The molecule has 3 amide bonds. The monoisotopic (exact) mass is 415 g/mol. The number of urea groups is 1. The van der Waals surface area contributed by atoms with Gasteiger partial charge in [-0.2, -0.15) is 5.10 Å². The average molecular weight is 415 g/mol. The van der Waals surface area contributed by atoms with Crippen molar-refractivity contribution >= 4 is 35.2 Å². The number of benzene rings is 2. The number of hydrogen-bond donors (Lipinski definition) is 3. The van der Waals surface area contributed by atoms with Crippen LogP contribution in [0.1, 0.15) is 15.9 Å². The number of nitro groups is 2. The molecule has 13 nitrogen and oxygen atoms in total. The molecule has 2 aromatic rings. The number of hydrazine groups is 1. The summed E-state index contributed by atoms with van der Waals surface area (Å²) in [6.45, 7) is 0. The molecule has 13 heteroatoms. The lowest BCUT2D eigenvalue weighted by Crippen LogP contribution is -2.45. The quantitative estimate of drug-likeness (QED) is 0.364. The van der Waals surface area contributed by atoms with Crippen LogP contribution in [0, 0.1) is 20.2 Å². The number of nitro benzene ring substituents is 2. The van der Waals surface area contributed by atoms with Crippen molar-refractivity contribution < 1.29 is 19.4 Å². The van der Waals surface area contributed by atoms with Crippen LogP contribution in [0.4, 0.5) is 21.9 Å². The van der Waals surface area contributed by atoms with Crippen LogP contribution in [-0.2, 0) is 0 Å². The smallest absolute Gasteiger partial charge is 0.353 e. The molecule has 0 saturated heterocycles. The predicted octanol–water partition coefficient (Wildman–Crippen LogP) is 1.55. The molecule has 0 aromatic heterocycles. The number of hydrogen-bond acceptors (Lipinski definition) is 8. The predicted molar refractivity (Wildman–Crippen MR) is 107 cm³/mol. The van der Waals surface area contributed by atoms with Crippen LogP contribution in [0.15, 0.2) is 47.6 Å². The Balaban J connectivity index is 1.93. The molecule has 3 N–H and O–H groups in total. The van der Waals surface area contributed by atoms with Crippen molar-refractivity contribution in [2.45, 2.75) is 0 Å². The van der Waals surface area contributed by atoms with Crippen LogP contribution >= 0.6 is 0 Å². The average Bonchev–Trinajstić information content (AvgIpc) is 2.71. The number of rotatable bonds is 6. The zero-order valence-corrected chi connectivity index (χ0v) is 15.9. The van der Waals surface area contributed by atoms with Gasteiger partial charge in [0.15, 0.2) is 0 Å². The third-order valence-electron chi connectivity index (χ3n) is 3.67. The van der Waals surface area contributed by atoms with Gasteiger partial charge >= 0.3 is 6.03 Å². The van der Waals surface area contributed by atoms with E-state index in [-0.39, 0.29) is 5.56 Å². The number of nitrogens with one attached hydrogen (secondary N) is 3. The van der Waals surface area contributed by atoms with E-state index in [2.05, 4.69) is 10.5 Å². The molecule has 0 atom stereocenters. The number of carbonyl (C=O) groups is 2. The summed E-state index contributed by atoms with van der Waals surface area (Å²) in [6, 6.07) is 8.81. The van der Waals surface area contributed by atoms with Crippen LogP contribution in [0.5, 0.6) is 0 Å². The zero-order chi connectivity index (χ0) is 22.3. The summed E-state index contributed by atoms with van der Waals surface area (Å²) in [5, 5.41) is 25.4. The minimum absolute atomic E-state index is 0.374. The number of non-ortho nitro benzene ring substituents is 2. The second-order valence-electron chi connectivity index (χ2n) is 6.02. The lowest BCUT2D eigenvalue weighted by molar-refractivity contribution is -0.394. The Morgan fingerprint density at radius 1 is 0.967 bits per heavy atom. The van der Waals surface area contributed by atoms with E-state index in [1.807, 2.05) is 42.0 Å². The van der Waals surface area contributed by atoms with Crippen LogP contribution in [0.3, 0.4) is 0 Å². The van der Waals surface area contributed by atoms with E-state index >= 15 is 0 Å². The number of hydrazone groups is 1. The molecule has 2 rings (SSSR count). The highest BCUT2D eigenvalue weighted by Crippen LogP contribution is 2.22. The van der Waals surface area contributed by atoms with Gasteiger partial charge in [-0.05, 0) is 17.7 Å². The summed E-state index contributed by atoms with van der Waals surface area (Å²) in [5.74, 6) is -0.986. The highest BCUT2D eigenvalue weighted by Gasteiger charge is 2.20. The Bertz CT molecular complexity index is 972. The van der Waals surface area contributed by atoms with E-state index < -0.39 is 33.2 Å². The molecule has 0 heterocycles. The van der Waals surface area contributed by atoms with E-state index in [1.54, 1.807) is 12.1 Å². The number of amides is 3. The fraction of sp³-hybridized carbons (Fsp3) is 0.118. The lowest BCUT2D eigenvalue weighted by atomic mass is 10.1. The second kappa shape index (κ2) is 9.59. The first-order valence-corrected chi connectivity index (χ1v) is 8.28. The van der Waals surface area contributed by atoms with Gasteiger partial charge in [0.1, 0.15) is 0 Å². The van der Waals surface area contributed by atoms with Crippen molar-refractivity contribution in [1.82, 2.24) is 16.3 Å². The van der Waals surface area contributed by atoms with Crippen molar-refractivity contribution in [2.24, 2.45) is 5.10 Å². The number of nitrogens with zero attached hydrogens (tertiary/aromatic N) is 4. The number of carbonyl (C=O) groups excluding carboxylic acids is 2. The molecular formula is C17H17N7O6. The molecule has 0 aliphatic carbocycles. The lowest BCUT2D eigenvalue weighted by Gasteiger charge is -2.11. The normalized spacial score (nSPS) is 10.3. The van der Waals surface area contributed by atoms with Crippen LogP contribution in [-0.4, -0.2) is 42.1 Å². The Hall–Kier alpha value is -4.55.